The van der Waals surface area contributed by atoms with E-state index in [1.54, 1.807) is 0 Å². The lowest BCUT2D eigenvalue weighted by molar-refractivity contribution is 0.0789. The molecule has 0 saturated carbocycles. The van der Waals surface area contributed by atoms with Crippen LogP contribution in [-0.4, -0.2) is 60.0 Å². The Morgan fingerprint density at radius 1 is 1.13 bits per heavy atom. The minimum atomic E-state index is 0.140. The number of nitrogens with zero attached hydrogens (tertiary/aromatic N) is 3. The molecule has 1 unspecified atom stereocenters. The van der Waals surface area contributed by atoms with Crippen LogP contribution in [0.15, 0.2) is 60.8 Å². The summed E-state index contributed by atoms with van der Waals surface area (Å²) < 4.78 is 2.28. The topological polar surface area (TPSA) is 40.5 Å². The summed E-state index contributed by atoms with van der Waals surface area (Å²) in [5, 5.41) is 4.74. The van der Waals surface area contributed by atoms with Gasteiger partial charge in [-0.1, -0.05) is 30.3 Å². The van der Waals surface area contributed by atoms with E-state index in [2.05, 4.69) is 71.5 Å². The zero-order chi connectivity index (χ0) is 20.9. The molecule has 1 saturated heterocycles. The predicted molar refractivity (Wildman–Crippen MR) is 123 cm³/mol. The van der Waals surface area contributed by atoms with Crippen molar-refractivity contribution in [1.82, 2.24) is 19.7 Å². The fourth-order valence-electron chi connectivity index (χ4n) is 4.24. The highest BCUT2D eigenvalue weighted by atomic mass is 16.2. The van der Waals surface area contributed by atoms with Crippen molar-refractivity contribution < 1.29 is 4.79 Å². The van der Waals surface area contributed by atoms with Crippen LogP contribution >= 0.6 is 0 Å². The van der Waals surface area contributed by atoms with Crippen LogP contribution in [0.2, 0.25) is 0 Å². The third kappa shape index (κ3) is 4.91. The van der Waals surface area contributed by atoms with Crippen molar-refractivity contribution in [3.63, 3.8) is 0 Å². The number of carbonyl (C=O) groups excluding carboxylic acids is 1. The van der Waals surface area contributed by atoms with E-state index in [9.17, 15) is 4.79 Å². The Hall–Kier alpha value is -2.63. The average Bonchev–Trinajstić information content (AvgIpc) is 3.39. The lowest BCUT2D eigenvalue weighted by Gasteiger charge is -2.17. The smallest absolute Gasteiger partial charge is 0.253 e. The molecule has 5 heteroatoms. The van der Waals surface area contributed by atoms with Crippen molar-refractivity contribution in [2.45, 2.75) is 32.0 Å². The minimum Gasteiger partial charge on any atom is -0.347 e. The summed E-state index contributed by atoms with van der Waals surface area (Å²) in [7, 11) is 4.21. The molecule has 4 rings (SSSR count). The first-order valence-corrected chi connectivity index (χ1v) is 10.9. The number of aryl methyl sites for hydroxylation is 1. The van der Waals surface area contributed by atoms with Crippen LogP contribution in [0, 0.1) is 0 Å². The fraction of sp³-hybridized carbons (Fsp3) is 0.400. The van der Waals surface area contributed by atoms with Gasteiger partial charge in [0.1, 0.15) is 0 Å². The van der Waals surface area contributed by atoms with Crippen molar-refractivity contribution in [3.8, 4) is 0 Å². The maximum absolute atomic E-state index is 13.1. The monoisotopic (exact) mass is 404 g/mol. The van der Waals surface area contributed by atoms with Gasteiger partial charge in [0.05, 0.1) is 0 Å². The van der Waals surface area contributed by atoms with Crippen LogP contribution in [-0.2, 0) is 13.1 Å². The van der Waals surface area contributed by atoms with E-state index in [0.29, 0.717) is 6.04 Å². The second kappa shape index (κ2) is 9.45. The number of carbonyl (C=O) groups is 1. The van der Waals surface area contributed by atoms with Crippen LogP contribution in [0.1, 0.15) is 28.8 Å². The van der Waals surface area contributed by atoms with Gasteiger partial charge in [-0.25, -0.2) is 0 Å². The number of benzene rings is 2. The number of likely N-dealkylation sites (tertiary alicyclic amines) is 1. The first kappa shape index (κ1) is 20.6. The SMILES string of the molecule is CN(C)CCCn1ccc2cc(C(=O)N3CCC(NCc4ccccc4)C3)ccc21. The van der Waals surface area contributed by atoms with Crippen molar-refractivity contribution >= 4 is 16.8 Å². The van der Waals surface area contributed by atoms with E-state index in [1.807, 2.05) is 23.1 Å². The molecule has 1 aromatic heterocycles. The van der Waals surface area contributed by atoms with Crippen molar-refractivity contribution in [1.29, 1.82) is 0 Å². The quantitative estimate of drug-likeness (QED) is 0.624. The number of rotatable bonds is 8. The molecule has 30 heavy (non-hydrogen) atoms. The van der Waals surface area contributed by atoms with E-state index >= 15 is 0 Å². The van der Waals surface area contributed by atoms with E-state index in [0.717, 1.165) is 56.5 Å². The normalized spacial score (nSPS) is 16.6. The standard InChI is InChI=1S/C25H32N4O/c1-27(2)13-6-14-28-15-11-21-17-22(9-10-24(21)28)25(30)29-16-12-23(19-29)26-18-20-7-4-3-5-8-20/h3-5,7-11,15,17,23,26H,6,12-14,16,18-19H2,1-2H3. The minimum absolute atomic E-state index is 0.140. The summed E-state index contributed by atoms with van der Waals surface area (Å²) in [5.41, 5.74) is 3.27. The summed E-state index contributed by atoms with van der Waals surface area (Å²) >= 11 is 0. The molecule has 1 aliphatic heterocycles. The van der Waals surface area contributed by atoms with Gasteiger partial charge in [0.15, 0.2) is 0 Å². The highest BCUT2D eigenvalue weighted by molar-refractivity contribution is 5.98. The van der Waals surface area contributed by atoms with Gasteiger partial charge in [0.2, 0.25) is 0 Å². The van der Waals surface area contributed by atoms with Crippen LogP contribution in [0.5, 0.6) is 0 Å². The fourth-order valence-corrected chi connectivity index (χ4v) is 4.24. The number of aromatic nitrogens is 1. The molecule has 1 atom stereocenters. The number of hydrogen-bond donors (Lipinski definition) is 1. The molecular formula is C25H32N4O. The molecule has 0 bridgehead atoms. The van der Waals surface area contributed by atoms with Crippen LogP contribution < -0.4 is 5.32 Å². The largest absolute Gasteiger partial charge is 0.347 e. The van der Waals surface area contributed by atoms with Gasteiger partial charge in [0.25, 0.3) is 5.91 Å². The average molecular weight is 405 g/mol. The summed E-state index contributed by atoms with van der Waals surface area (Å²) in [6.07, 6.45) is 4.25. The van der Waals surface area contributed by atoms with E-state index < -0.39 is 0 Å². The Labute approximate surface area is 179 Å². The predicted octanol–water partition coefficient (Wildman–Crippen LogP) is 3.60. The summed E-state index contributed by atoms with van der Waals surface area (Å²) in [6, 6.07) is 19.0. The maximum Gasteiger partial charge on any atom is 0.253 e. The Kier molecular flexibility index (Phi) is 6.50. The molecule has 5 nitrogen and oxygen atoms in total. The molecule has 1 N–H and O–H groups in total. The zero-order valence-corrected chi connectivity index (χ0v) is 18.1. The first-order valence-electron chi connectivity index (χ1n) is 10.9. The Morgan fingerprint density at radius 2 is 1.97 bits per heavy atom. The molecule has 0 aliphatic carbocycles. The summed E-state index contributed by atoms with van der Waals surface area (Å²) in [5.74, 6) is 0.140. The van der Waals surface area contributed by atoms with Crippen molar-refractivity contribution in [3.05, 3.63) is 71.9 Å². The summed E-state index contributed by atoms with van der Waals surface area (Å²) in [6.45, 7) is 4.51. The van der Waals surface area contributed by atoms with Crippen LogP contribution in [0.3, 0.4) is 0 Å². The molecule has 1 amide bonds. The van der Waals surface area contributed by atoms with Crippen LogP contribution in [0.4, 0.5) is 0 Å². The van der Waals surface area contributed by atoms with Gasteiger partial charge in [-0.2, -0.15) is 0 Å². The highest BCUT2D eigenvalue weighted by Gasteiger charge is 2.26. The maximum atomic E-state index is 13.1. The summed E-state index contributed by atoms with van der Waals surface area (Å²) in [4.78, 5) is 17.2. The van der Waals surface area contributed by atoms with Gasteiger partial charge in [-0.15, -0.1) is 0 Å². The number of hydrogen-bond acceptors (Lipinski definition) is 3. The lowest BCUT2D eigenvalue weighted by atomic mass is 10.1. The third-order valence-electron chi connectivity index (χ3n) is 5.94. The Balaban J connectivity index is 1.35. The molecule has 0 radical (unpaired) electrons. The molecule has 0 spiro atoms. The van der Waals surface area contributed by atoms with E-state index in [-0.39, 0.29) is 5.91 Å². The number of nitrogens with one attached hydrogen (secondary N) is 1. The highest BCUT2D eigenvalue weighted by Crippen LogP contribution is 2.21. The Morgan fingerprint density at radius 3 is 2.77 bits per heavy atom. The zero-order valence-electron chi connectivity index (χ0n) is 18.1. The van der Waals surface area contributed by atoms with Gasteiger partial charge in [-0.3, -0.25) is 4.79 Å². The molecule has 1 aliphatic rings. The van der Waals surface area contributed by atoms with Gasteiger partial charge in [0, 0.05) is 54.9 Å². The second-order valence-corrected chi connectivity index (χ2v) is 8.54. The van der Waals surface area contributed by atoms with Gasteiger partial charge in [-0.05, 0) is 63.3 Å². The Bertz CT molecular complexity index is 979. The van der Waals surface area contributed by atoms with Crippen LogP contribution in [0.25, 0.3) is 10.9 Å². The number of amides is 1. The van der Waals surface area contributed by atoms with E-state index in [4.69, 9.17) is 0 Å². The number of fused-ring (bicyclic) bond motifs is 1. The first-order chi connectivity index (χ1) is 14.6. The lowest BCUT2D eigenvalue weighted by Crippen LogP contribution is -2.34. The second-order valence-electron chi connectivity index (χ2n) is 8.54. The molecule has 2 aromatic carbocycles. The molecule has 3 aromatic rings. The molecule has 2 heterocycles. The van der Waals surface area contributed by atoms with Gasteiger partial charge >= 0.3 is 0 Å². The molecular weight excluding hydrogens is 372 g/mol. The molecule has 1 fully saturated rings. The van der Waals surface area contributed by atoms with Crippen molar-refractivity contribution in [2.75, 3.05) is 33.7 Å². The van der Waals surface area contributed by atoms with Crippen molar-refractivity contribution in [2.24, 2.45) is 0 Å². The third-order valence-corrected chi connectivity index (χ3v) is 5.94. The van der Waals surface area contributed by atoms with Gasteiger partial charge < -0.3 is 19.7 Å². The van der Waals surface area contributed by atoms with E-state index in [1.165, 1.54) is 11.1 Å². The molecule has 158 valence electrons.